The summed E-state index contributed by atoms with van der Waals surface area (Å²) < 4.78 is 7.20. The highest BCUT2D eigenvalue weighted by atomic mass is 16.5. The molecule has 1 aromatic carbocycles. The minimum atomic E-state index is -0.244. The lowest BCUT2D eigenvalue weighted by Crippen LogP contribution is -2.38. The minimum absolute atomic E-state index is 0.0189. The van der Waals surface area contributed by atoms with Crippen LogP contribution in [-0.4, -0.2) is 57.1 Å². The standard InChI is InChI=1S/C25H26N6O3/c1-15-9-23(32)28-22-8-16(2)21(11-19(15)22)29-25(33)20-10-17(18-13-27-30(3)14-18)12-26-24(20)31-4-6-34-7-5-31/h8-14H,4-7H2,1-3H3,(H,28,32)(H,29,33). The van der Waals surface area contributed by atoms with E-state index in [9.17, 15) is 9.90 Å². The fourth-order valence-electron chi connectivity index (χ4n) is 4.23. The van der Waals surface area contributed by atoms with Crippen LogP contribution in [0.1, 0.15) is 21.5 Å². The van der Waals surface area contributed by atoms with Crippen LogP contribution in [0.2, 0.25) is 0 Å². The van der Waals surface area contributed by atoms with E-state index in [1.54, 1.807) is 23.1 Å². The van der Waals surface area contributed by atoms with Crippen LogP contribution >= 0.6 is 0 Å². The Morgan fingerprint density at radius 3 is 2.59 bits per heavy atom. The number of aromatic nitrogens is 4. The van der Waals surface area contributed by atoms with E-state index in [4.69, 9.17) is 4.74 Å². The molecule has 9 heteroatoms. The van der Waals surface area contributed by atoms with E-state index >= 15 is 0 Å². The highest BCUT2D eigenvalue weighted by Crippen LogP contribution is 2.30. The summed E-state index contributed by atoms with van der Waals surface area (Å²) in [5, 5.41) is 18.0. The third kappa shape index (κ3) is 4.17. The largest absolute Gasteiger partial charge is 0.493 e. The number of rotatable bonds is 4. The second-order valence-corrected chi connectivity index (χ2v) is 8.53. The number of aromatic hydroxyl groups is 1. The topological polar surface area (TPSA) is 105 Å². The van der Waals surface area contributed by atoms with E-state index in [1.165, 1.54) is 0 Å². The molecular formula is C25H26N6O3. The third-order valence-electron chi connectivity index (χ3n) is 6.06. The number of hydrogen-bond acceptors (Lipinski definition) is 7. The summed E-state index contributed by atoms with van der Waals surface area (Å²) in [6.07, 6.45) is 5.43. The van der Waals surface area contributed by atoms with Gasteiger partial charge in [-0.1, -0.05) is 0 Å². The van der Waals surface area contributed by atoms with Gasteiger partial charge in [0.05, 0.1) is 30.5 Å². The molecule has 5 rings (SSSR count). The molecule has 4 heterocycles. The highest BCUT2D eigenvalue weighted by Gasteiger charge is 2.22. The van der Waals surface area contributed by atoms with E-state index in [2.05, 4.69) is 25.3 Å². The summed E-state index contributed by atoms with van der Waals surface area (Å²) in [4.78, 5) is 24.6. The van der Waals surface area contributed by atoms with Crippen molar-refractivity contribution in [1.29, 1.82) is 0 Å². The molecule has 1 aliphatic heterocycles. The fourth-order valence-corrected chi connectivity index (χ4v) is 4.23. The number of nitrogens with one attached hydrogen (secondary N) is 1. The fraction of sp³-hybridized carbons (Fsp3) is 0.280. The number of carbonyl (C=O) groups is 1. The molecule has 3 aromatic heterocycles. The first-order valence-electron chi connectivity index (χ1n) is 11.1. The van der Waals surface area contributed by atoms with Gasteiger partial charge in [0.2, 0.25) is 5.88 Å². The Morgan fingerprint density at radius 2 is 1.85 bits per heavy atom. The van der Waals surface area contributed by atoms with Gasteiger partial charge in [-0.3, -0.25) is 9.48 Å². The number of aryl methyl sites for hydroxylation is 3. The molecule has 9 nitrogen and oxygen atoms in total. The van der Waals surface area contributed by atoms with Crippen LogP contribution in [0.3, 0.4) is 0 Å². The van der Waals surface area contributed by atoms with Crippen molar-refractivity contribution in [3.05, 3.63) is 59.5 Å². The van der Waals surface area contributed by atoms with Crippen molar-refractivity contribution in [3.8, 4) is 17.0 Å². The van der Waals surface area contributed by atoms with Gasteiger partial charge < -0.3 is 20.1 Å². The van der Waals surface area contributed by atoms with Gasteiger partial charge in [-0.25, -0.2) is 9.97 Å². The predicted molar refractivity (Wildman–Crippen MR) is 130 cm³/mol. The zero-order valence-electron chi connectivity index (χ0n) is 19.4. The summed E-state index contributed by atoms with van der Waals surface area (Å²) >= 11 is 0. The lowest BCUT2D eigenvalue weighted by molar-refractivity contribution is 0.102. The maximum atomic E-state index is 13.6. The first-order valence-corrected chi connectivity index (χ1v) is 11.1. The number of pyridine rings is 2. The Bertz CT molecular complexity index is 1390. The molecule has 0 bridgehead atoms. The second kappa shape index (κ2) is 8.75. The number of benzene rings is 1. The van der Waals surface area contributed by atoms with Gasteiger partial charge in [-0.05, 0) is 43.2 Å². The van der Waals surface area contributed by atoms with Crippen molar-refractivity contribution in [2.45, 2.75) is 13.8 Å². The molecule has 34 heavy (non-hydrogen) atoms. The number of carbonyl (C=O) groups excluding carboxylic acids is 1. The molecule has 1 amide bonds. The molecule has 0 saturated carbocycles. The zero-order chi connectivity index (χ0) is 23.8. The quantitative estimate of drug-likeness (QED) is 0.483. The number of amides is 1. The number of fused-ring (bicyclic) bond motifs is 1. The summed E-state index contributed by atoms with van der Waals surface area (Å²) in [5.74, 6) is 0.371. The summed E-state index contributed by atoms with van der Waals surface area (Å²) in [6.45, 7) is 6.34. The van der Waals surface area contributed by atoms with E-state index < -0.39 is 0 Å². The van der Waals surface area contributed by atoms with E-state index in [0.29, 0.717) is 48.9 Å². The number of morpholine rings is 1. The molecule has 0 unspecified atom stereocenters. The van der Waals surface area contributed by atoms with Crippen molar-refractivity contribution < 1.29 is 14.6 Å². The Morgan fingerprint density at radius 1 is 1.06 bits per heavy atom. The SMILES string of the molecule is Cc1cc2nc(O)cc(C)c2cc1NC(=O)c1cc(-c2cnn(C)c2)cnc1N1CCOCC1. The average molecular weight is 459 g/mol. The molecule has 0 spiro atoms. The Balaban J connectivity index is 1.54. The molecule has 0 radical (unpaired) electrons. The third-order valence-corrected chi connectivity index (χ3v) is 6.06. The molecule has 0 atom stereocenters. The first kappa shape index (κ1) is 21.8. The molecule has 1 saturated heterocycles. The molecular weight excluding hydrogens is 432 g/mol. The summed E-state index contributed by atoms with van der Waals surface area (Å²) in [5.41, 5.74) is 5.30. The van der Waals surface area contributed by atoms with Crippen LogP contribution in [0.5, 0.6) is 5.88 Å². The molecule has 2 N–H and O–H groups in total. The van der Waals surface area contributed by atoms with Crippen LogP contribution < -0.4 is 10.2 Å². The summed E-state index contributed by atoms with van der Waals surface area (Å²) in [7, 11) is 1.85. The van der Waals surface area contributed by atoms with Crippen molar-refractivity contribution in [3.63, 3.8) is 0 Å². The Labute approximate surface area is 197 Å². The van der Waals surface area contributed by atoms with Crippen molar-refractivity contribution >= 4 is 28.3 Å². The highest BCUT2D eigenvalue weighted by molar-refractivity contribution is 6.09. The van der Waals surface area contributed by atoms with Crippen LogP contribution in [-0.2, 0) is 11.8 Å². The minimum Gasteiger partial charge on any atom is -0.493 e. The number of hydrogen-bond donors (Lipinski definition) is 2. The Hall–Kier alpha value is -3.98. The van der Waals surface area contributed by atoms with Gasteiger partial charge in [-0.2, -0.15) is 5.10 Å². The normalized spacial score (nSPS) is 13.9. The smallest absolute Gasteiger partial charge is 0.259 e. The van der Waals surface area contributed by atoms with Gasteiger partial charge in [0.1, 0.15) is 5.82 Å². The number of anilines is 2. The molecule has 1 aliphatic rings. The van der Waals surface area contributed by atoms with Crippen LogP contribution in [0.25, 0.3) is 22.0 Å². The van der Waals surface area contributed by atoms with E-state index in [1.807, 2.05) is 45.3 Å². The van der Waals surface area contributed by atoms with Gasteiger partial charge >= 0.3 is 0 Å². The maximum absolute atomic E-state index is 13.6. The Kier molecular flexibility index (Phi) is 5.62. The first-order chi connectivity index (χ1) is 16.4. The number of nitrogens with zero attached hydrogens (tertiary/aromatic N) is 5. The number of ether oxygens (including phenoxy) is 1. The monoisotopic (exact) mass is 458 g/mol. The van der Waals surface area contributed by atoms with Crippen LogP contribution in [0.4, 0.5) is 11.5 Å². The van der Waals surface area contributed by atoms with Gasteiger partial charge in [0.25, 0.3) is 5.91 Å². The van der Waals surface area contributed by atoms with Gasteiger partial charge in [-0.15, -0.1) is 0 Å². The molecule has 0 aliphatic carbocycles. The average Bonchev–Trinajstić information content (AvgIpc) is 3.26. The molecule has 4 aromatic rings. The maximum Gasteiger partial charge on any atom is 0.259 e. The van der Waals surface area contributed by atoms with Gasteiger partial charge in [0, 0.05) is 60.8 Å². The van der Waals surface area contributed by atoms with E-state index in [-0.39, 0.29) is 11.8 Å². The van der Waals surface area contributed by atoms with Gasteiger partial charge in [0.15, 0.2) is 0 Å². The lowest BCUT2D eigenvalue weighted by atomic mass is 10.0. The molecule has 1 fully saturated rings. The van der Waals surface area contributed by atoms with Crippen molar-refractivity contribution in [2.75, 3.05) is 36.5 Å². The zero-order valence-corrected chi connectivity index (χ0v) is 19.4. The molecule has 174 valence electrons. The van der Waals surface area contributed by atoms with Crippen LogP contribution in [0.15, 0.2) is 42.9 Å². The predicted octanol–water partition coefficient (Wildman–Crippen LogP) is 3.44. The van der Waals surface area contributed by atoms with E-state index in [0.717, 1.165) is 27.6 Å². The van der Waals surface area contributed by atoms with Crippen molar-refractivity contribution in [2.24, 2.45) is 7.05 Å². The van der Waals surface area contributed by atoms with Crippen molar-refractivity contribution in [1.82, 2.24) is 19.7 Å². The van der Waals surface area contributed by atoms with Crippen LogP contribution in [0, 0.1) is 13.8 Å². The lowest BCUT2D eigenvalue weighted by Gasteiger charge is -2.29. The second-order valence-electron chi connectivity index (χ2n) is 8.53. The summed E-state index contributed by atoms with van der Waals surface area (Å²) in [6, 6.07) is 7.24.